The third kappa shape index (κ3) is 3.93. The predicted molar refractivity (Wildman–Crippen MR) is 98.1 cm³/mol. The number of imidazole rings is 1. The second-order valence-electron chi connectivity index (χ2n) is 6.85. The van der Waals surface area contributed by atoms with Gasteiger partial charge in [0.05, 0.1) is 18.5 Å². The number of nitrogens with zero attached hydrogens (tertiary/aromatic N) is 6. The van der Waals surface area contributed by atoms with Crippen molar-refractivity contribution in [2.24, 2.45) is 7.05 Å². The van der Waals surface area contributed by atoms with Gasteiger partial charge in [-0.05, 0) is 12.8 Å². The van der Waals surface area contributed by atoms with E-state index in [9.17, 15) is 9.90 Å². The van der Waals surface area contributed by atoms with Crippen molar-refractivity contribution < 1.29 is 9.90 Å². The minimum absolute atomic E-state index is 0.198. The molecule has 0 spiro atoms. The monoisotopic (exact) mass is 359 g/mol. The maximum absolute atomic E-state index is 12.5. The number of carbonyl (C=O) groups excluding carboxylic acids is 1. The minimum atomic E-state index is -0.998. The lowest BCUT2D eigenvalue weighted by atomic mass is 9.92. The molecule has 3 heterocycles. The zero-order chi connectivity index (χ0) is 18.7. The summed E-state index contributed by atoms with van der Waals surface area (Å²) in [5.74, 6) is 1.29. The fourth-order valence-corrected chi connectivity index (χ4v) is 3.33. The molecule has 0 radical (unpaired) electrons. The Morgan fingerprint density at radius 3 is 2.92 bits per heavy atom. The number of anilines is 2. The largest absolute Gasteiger partial charge is 0.386 e. The van der Waals surface area contributed by atoms with Gasteiger partial charge in [-0.2, -0.15) is 0 Å². The van der Waals surface area contributed by atoms with Crippen LogP contribution < -0.4 is 10.2 Å². The molecule has 2 aromatic heterocycles. The number of hydrogen-bond donors (Lipinski definition) is 2. The molecule has 2 aromatic rings. The number of hydrogen-bond acceptors (Lipinski definition) is 7. The molecule has 3 rings (SSSR count). The highest BCUT2D eigenvalue weighted by atomic mass is 16.3. The smallest absolute Gasteiger partial charge is 0.273 e. The average molecular weight is 359 g/mol. The third-order valence-electron chi connectivity index (χ3n) is 4.59. The lowest BCUT2D eigenvalue weighted by Gasteiger charge is -2.41. The van der Waals surface area contributed by atoms with Crippen molar-refractivity contribution in [3.8, 4) is 0 Å². The van der Waals surface area contributed by atoms with E-state index < -0.39 is 5.60 Å². The van der Waals surface area contributed by atoms with Gasteiger partial charge < -0.3 is 24.8 Å². The Balaban J connectivity index is 1.69. The molecule has 1 aliphatic rings. The van der Waals surface area contributed by atoms with Crippen molar-refractivity contribution in [2.45, 2.75) is 18.4 Å². The van der Waals surface area contributed by atoms with Crippen molar-refractivity contribution in [1.82, 2.24) is 24.4 Å². The fourth-order valence-electron chi connectivity index (χ4n) is 3.33. The molecule has 0 aliphatic carbocycles. The van der Waals surface area contributed by atoms with Gasteiger partial charge in [0.25, 0.3) is 5.91 Å². The zero-order valence-corrected chi connectivity index (χ0v) is 15.4. The molecule has 140 valence electrons. The summed E-state index contributed by atoms with van der Waals surface area (Å²) in [4.78, 5) is 28.6. The first-order chi connectivity index (χ1) is 12.4. The number of aliphatic hydroxyl groups is 1. The number of piperidine rings is 1. The van der Waals surface area contributed by atoms with Crippen LogP contribution in [0.25, 0.3) is 0 Å². The van der Waals surface area contributed by atoms with Crippen LogP contribution in [0.15, 0.2) is 24.9 Å². The van der Waals surface area contributed by atoms with Gasteiger partial charge in [0, 0.05) is 46.5 Å². The van der Waals surface area contributed by atoms with Crippen LogP contribution in [0.3, 0.4) is 0 Å². The first-order valence-electron chi connectivity index (χ1n) is 8.61. The van der Waals surface area contributed by atoms with Crippen molar-refractivity contribution in [1.29, 1.82) is 0 Å². The zero-order valence-electron chi connectivity index (χ0n) is 15.4. The molecular formula is C17H25N7O2. The lowest BCUT2D eigenvalue weighted by Crippen LogP contribution is -2.55. The van der Waals surface area contributed by atoms with Gasteiger partial charge in [-0.15, -0.1) is 0 Å². The Hall–Kier alpha value is -2.68. The number of carbonyl (C=O) groups is 1. The predicted octanol–water partition coefficient (Wildman–Crippen LogP) is 0.355. The molecule has 9 heteroatoms. The van der Waals surface area contributed by atoms with E-state index in [4.69, 9.17) is 0 Å². The number of amides is 1. The highest BCUT2D eigenvalue weighted by Gasteiger charge is 2.36. The topological polar surface area (TPSA) is 99.4 Å². The van der Waals surface area contributed by atoms with E-state index in [1.54, 1.807) is 31.2 Å². The molecule has 0 aromatic carbocycles. The summed E-state index contributed by atoms with van der Waals surface area (Å²) in [6.07, 6.45) is 6.22. The normalized spacial score (nSPS) is 20.1. The van der Waals surface area contributed by atoms with Gasteiger partial charge in [0.2, 0.25) is 0 Å². The molecule has 1 atom stereocenters. The van der Waals surface area contributed by atoms with Crippen LogP contribution in [0.5, 0.6) is 0 Å². The molecule has 9 nitrogen and oxygen atoms in total. The standard InChI is InChI=1S/C17H25N7O2/c1-18-14-7-15(20-11-19-14)24-6-4-5-17(26,10-24)9-23(3)16(25)13-8-22(2)12-21-13/h7-8,11-12,26H,4-6,9-10H2,1-3H3,(H,18,19,20). The molecule has 2 N–H and O–H groups in total. The van der Waals surface area contributed by atoms with E-state index in [0.29, 0.717) is 18.7 Å². The summed E-state index contributed by atoms with van der Waals surface area (Å²) in [6.45, 7) is 1.45. The Labute approximate surface area is 152 Å². The molecule has 1 aliphatic heterocycles. The molecule has 26 heavy (non-hydrogen) atoms. The minimum Gasteiger partial charge on any atom is -0.386 e. The molecule has 0 saturated carbocycles. The first-order valence-corrected chi connectivity index (χ1v) is 8.61. The quantitative estimate of drug-likeness (QED) is 0.795. The highest BCUT2D eigenvalue weighted by molar-refractivity contribution is 5.91. The van der Waals surface area contributed by atoms with Crippen LogP contribution in [0, 0.1) is 0 Å². The van der Waals surface area contributed by atoms with Crippen molar-refractivity contribution in [2.75, 3.05) is 43.9 Å². The number of β-amino-alcohol motifs (C(OH)–C–C–N with tert-alkyl or cyclic N) is 1. The number of likely N-dealkylation sites (N-methyl/N-ethyl adjacent to an activating group) is 1. The van der Waals surface area contributed by atoms with Crippen LogP contribution in [0.4, 0.5) is 11.6 Å². The summed E-state index contributed by atoms with van der Waals surface area (Å²) in [7, 11) is 5.31. The van der Waals surface area contributed by atoms with Gasteiger partial charge in [-0.1, -0.05) is 0 Å². The second kappa shape index (κ2) is 7.28. The van der Waals surface area contributed by atoms with E-state index in [1.165, 1.54) is 11.2 Å². The number of rotatable bonds is 5. The van der Waals surface area contributed by atoms with Crippen molar-refractivity contribution in [3.63, 3.8) is 0 Å². The van der Waals surface area contributed by atoms with E-state index in [-0.39, 0.29) is 12.5 Å². The molecule has 1 saturated heterocycles. The van der Waals surface area contributed by atoms with Crippen molar-refractivity contribution in [3.05, 3.63) is 30.6 Å². The van der Waals surface area contributed by atoms with Gasteiger partial charge >= 0.3 is 0 Å². The van der Waals surface area contributed by atoms with E-state index in [0.717, 1.165) is 24.6 Å². The third-order valence-corrected chi connectivity index (χ3v) is 4.59. The Kier molecular flexibility index (Phi) is 5.08. The van der Waals surface area contributed by atoms with E-state index in [2.05, 4.69) is 20.3 Å². The lowest BCUT2D eigenvalue weighted by molar-refractivity contribution is -0.000268. The summed E-state index contributed by atoms with van der Waals surface area (Å²) < 4.78 is 1.73. The van der Waals surface area contributed by atoms with E-state index >= 15 is 0 Å². The SMILES string of the molecule is CNc1cc(N2CCCC(O)(CN(C)C(=O)c3cn(C)cn3)C2)ncn1. The second-order valence-corrected chi connectivity index (χ2v) is 6.85. The molecule has 1 fully saturated rings. The number of nitrogens with one attached hydrogen (secondary N) is 1. The van der Waals surface area contributed by atoms with Crippen LogP contribution in [-0.2, 0) is 7.05 Å². The summed E-state index contributed by atoms with van der Waals surface area (Å²) >= 11 is 0. The average Bonchev–Trinajstić information content (AvgIpc) is 3.07. The fraction of sp³-hybridized carbons (Fsp3) is 0.529. The van der Waals surface area contributed by atoms with Gasteiger partial charge in [-0.25, -0.2) is 15.0 Å². The Bertz CT molecular complexity index is 778. The van der Waals surface area contributed by atoms with Gasteiger partial charge in [0.1, 0.15) is 23.7 Å². The Morgan fingerprint density at radius 2 is 2.23 bits per heavy atom. The van der Waals surface area contributed by atoms with E-state index in [1.807, 2.05) is 18.0 Å². The Morgan fingerprint density at radius 1 is 1.42 bits per heavy atom. The maximum atomic E-state index is 12.5. The number of aromatic nitrogens is 4. The maximum Gasteiger partial charge on any atom is 0.273 e. The van der Waals surface area contributed by atoms with Crippen LogP contribution in [-0.4, -0.2) is 74.8 Å². The first kappa shape index (κ1) is 18.1. The number of aryl methyl sites for hydroxylation is 1. The van der Waals surface area contributed by atoms with Crippen LogP contribution in [0.2, 0.25) is 0 Å². The molecular weight excluding hydrogens is 334 g/mol. The summed E-state index contributed by atoms with van der Waals surface area (Å²) in [5.41, 5.74) is -0.622. The molecule has 0 bridgehead atoms. The van der Waals surface area contributed by atoms with Crippen molar-refractivity contribution >= 4 is 17.5 Å². The van der Waals surface area contributed by atoms with Crippen LogP contribution in [0.1, 0.15) is 23.3 Å². The summed E-state index contributed by atoms with van der Waals surface area (Å²) in [5, 5.41) is 14.1. The molecule has 1 amide bonds. The summed E-state index contributed by atoms with van der Waals surface area (Å²) in [6, 6.07) is 1.86. The van der Waals surface area contributed by atoms with Gasteiger partial charge in [-0.3, -0.25) is 4.79 Å². The molecule has 1 unspecified atom stereocenters. The highest BCUT2D eigenvalue weighted by Crippen LogP contribution is 2.26. The van der Waals surface area contributed by atoms with Crippen LogP contribution >= 0.6 is 0 Å². The van der Waals surface area contributed by atoms with Gasteiger partial charge in [0.15, 0.2) is 0 Å².